The Bertz CT molecular complexity index is 654. The zero-order chi connectivity index (χ0) is 16.2. The van der Waals surface area contributed by atoms with Crippen LogP contribution < -0.4 is 4.74 Å². The van der Waals surface area contributed by atoms with Crippen molar-refractivity contribution in [1.29, 1.82) is 0 Å². The summed E-state index contributed by atoms with van der Waals surface area (Å²) in [6.07, 6.45) is -1.12. The van der Waals surface area contributed by atoms with Crippen molar-refractivity contribution in [2.75, 3.05) is 20.3 Å². The maximum absolute atomic E-state index is 12.9. The van der Waals surface area contributed by atoms with Crippen molar-refractivity contribution < 1.29 is 28.5 Å². The van der Waals surface area contributed by atoms with E-state index in [0.717, 1.165) is 5.56 Å². The fourth-order valence-electron chi connectivity index (χ4n) is 4.13. The number of ketones is 1. The Morgan fingerprint density at radius 2 is 2.09 bits per heavy atom. The highest BCUT2D eigenvalue weighted by Gasteiger charge is 2.81. The van der Waals surface area contributed by atoms with Gasteiger partial charge in [0.05, 0.1) is 37.8 Å². The first kappa shape index (κ1) is 14.7. The molecule has 6 heteroatoms. The van der Waals surface area contributed by atoms with Crippen molar-refractivity contribution >= 4 is 11.8 Å². The summed E-state index contributed by atoms with van der Waals surface area (Å²) >= 11 is 0. The van der Waals surface area contributed by atoms with Gasteiger partial charge in [0.15, 0.2) is 5.78 Å². The SMILES string of the molecule is CCOC(=O)[C@H]1[C@@H]2[C@H]3CO[C@H](O3)C(=O)[C@@]21c1ccc(OC)cc1. The van der Waals surface area contributed by atoms with E-state index in [1.807, 2.05) is 12.1 Å². The van der Waals surface area contributed by atoms with Gasteiger partial charge in [0.25, 0.3) is 0 Å². The fourth-order valence-corrected chi connectivity index (χ4v) is 4.13. The van der Waals surface area contributed by atoms with Gasteiger partial charge < -0.3 is 18.9 Å². The number of hydrogen-bond donors (Lipinski definition) is 0. The second kappa shape index (κ2) is 5.04. The summed E-state index contributed by atoms with van der Waals surface area (Å²) in [5.41, 5.74) is -0.0852. The normalized spacial score (nSPS) is 37.2. The monoisotopic (exact) mass is 318 g/mol. The van der Waals surface area contributed by atoms with E-state index in [9.17, 15) is 9.59 Å². The van der Waals surface area contributed by atoms with Crippen LogP contribution in [0.25, 0.3) is 0 Å². The standard InChI is InChI=1S/C17H18O6/c1-3-21-15(19)13-12-11-8-22-16(23-11)14(18)17(12,13)9-4-6-10(20-2)7-5-9/h4-7,11-13,16H,3,8H2,1-2H3/t11-,12+,13-,16-,17+/m1/s1. The highest BCUT2D eigenvalue weighted by molar-refractivity contribution is 6.04. The van der Waals surface area contributed by atoms with Gasteiger partial charge in [-0.1, -0.05) is 12.1 Å². The quantitative estimate of drug-likeness (QED) is 0.773. The van der Waals surface area contributed by atoms with Crippen molar-refractivity contribution in [2.45, 2.75) is 24.7 Å². The Kier molecular flexibility index (Phi) is 3.21. The average molecular weight is 318 g/mol. The van der Waals surface area contributed by atoms with Crippen LogP contribution in [0.2, 0.25) is 0 Å². The van der Waals surface area contributed by atoms with Crippen LogP contribution in [-0.4, -0.2) is 44.5 Å². The van der Waals surface area contributed by atoms with E-state index in [4.69, 9.17) is 18.9 Å². The van der Waals surface area contributed by atoms with Gasteiger partial charge in [-0.2, -0.15) is 0 Å². The summed E-state index contributed by atoms with van der Waals surface area (Å²) in [7, 11) is 1.59. The number of esters is 1. The van der Waals surface area contributed by atoms with E-state index >= 15 is 0 Å². The molecule has 0 spiro atoms. The van der Waals surface area contributed by atoms with Crippen LogP contribution >= 0.6 is 0 Å². The van der Waals surface area contributed by atoms with Gasteiger partial charge in [-0.05, 0) is 24.6 Å². The molecular formula is C17H18O6. The molecule has 0 amide bonds. The molecule has 23 heavy (non-hydrogen) atoms. The van der Waals surface area contributed by atoms with E-state index < -0.39 is 17.6 Å². The summed E-state index contributed by atoms with van der Waals surface area (Å²) in [6, 6.07) is 7.28. The first-order valence-electron chi connectivity index (χ1n) is 7.77. The van der Waals surface area contributed by atoms with E-state index in [-0.39, 0.29) is 23.8 Å². The summed E-state index contributed by atoms with van der Waals surface area (Å²) in [4.78, 5) is 25.3. The van der Waals surface area contributed by atoms with Gasteiger partial charge in [-0.25, -0.2) is 0 Å². The Morgan fingerprint density at radius 3 is 2.74 bits per heavy atom. The zero-order valence-corrected chi connectivity index (χ0v) is 13.0. The van der Waals surface area contributed by atoms with Crippen LogP contribution in [0.4, 0.5) is 0 Å². The molecule has 6 nitrogen and oxygen atoms in total. The highest BCUT2D eigenvalue weighted by atomic mass is 16.7. The molecule has 2 heterocycles. The number of rotatable bonds is 4. The molecule has 122 valence electrons. The van der Waals surface area contributed by atoms with Gasteiger partial charge in [0.2, 0.25) is 6.29 Å². The smallest absolute Gasteiger partial charge is 0.310 e. The third-order valence-electron chi connectivity index (χ3n) is 5.11. The Balaban J connectivity index is 1.77. The first-order chi connectivity index (χ1) is 11.1. The van der Waals surface area contributed by atoms with Crippen LogP contribution in [0.3, 0.4) is 0 Å². The number of methoxy groups -OCH3 is 1. The largest absolute Gasteiger partial charge is 0.497 e. The summed E-state index contributed by atoms with van der Waals surface area (Å²) in [5, 5.41) is 0. The molecule has 2 saturated heterocycles. The number of carbonyl (C=O) groups excluding carboxylic acids is 2. The molecule has 2 bridgehead atoms. The van der Waals surface area contributed by atoms with E-state index in [1.54, 1.807) is 26.2 Å². The summed E-state index contributed by atoms with van der Waals surface area (Å²) < 4.78 is 21.4. The molecule has 0 radical (unpaired) electrons. The zero-order valence-electron chi connectivity index (χ0n) is 13.0. The number of carbonyl (C=O) groups is 2. The van der Waals surface area contributed by atoms with Crippen molar-refractivity contribution in [3.63, 3.8) is 0 Å². The van der Waals surface area contributed by atoms with Crippen molar-refractivity contribution in [2.24, 2.45) is 11.8 Å². The molecule has 3 fully saturated rings. The van der Waals surface area contributed by atoms with E-state index in [0.29, 0.717) is 19.0 Å². The predicted molar refractivity (Wildman–Crippen MR) is 77.9 cm³/mol. The molecule has 2 aliphatic heterocycles. The van der Waals surface area contributed by atoms with Crippen LogP contribution in [-0.2, 0) is 29.2 Å². The van der Waals surface area contributed by atoms with Gasteiger partial charge in [-0.3, -0.25) is 9.59 Å². The van der Waals surface area contributed by atoms with Crippen LogP contribution in [0.5, 0.6) is 5.75 Å². The van der Waals surface area contributed by atoms with E-state index in [1.165, 1.54) is 0 Å². The maximum atomic E-state index is 12.9. The lowest BCUT2D eigenvalue weighted by molar-refractivity contribution is -0.156. The molecule has 4 rings (SSSR count). The molecule has 1 saturated carbocycles. The second-order valence-corrected chi connectivity index (χ2v) is 6.06. The lowest BCUT2D eigenvalue weighted by Crippen LogP contribution is -2.41. The van der Waals surface area contributed by atoms with Gasteiger partial charge in [0.1, 0.15) is 5.75 Å². The lowest BCUT2D eigenvalue weighted by atomic mass is 9.85. The van der Waals surface area contributed by atoms with Crippen LogP contribution in [0.1, 0.15) is 12.5 Å². The van der Waals surface area contributed by atoms with Gasteiger partial charge in [-0.15, -0.1) is 0 Å². The minimum atomic E-state index is -0.886. The van der Waals surface area contributed by atoms with Crippen molar-refractivity contribution in [1.82, 2.24) is 0 Å². The number of Topliss-reactive ketones (excluding diaryl/α,β-unsaturated/α-hetero) is 1. The van der Waals surface area contributed by atoms with E-state index in [2.05, 4.69) is 0 Å². The third-order valence-corrected chi connectivity index (χ3v) is 5.11. The maximum Gasteiger partial charge on any atom is 0.310 e. The number of hydrogen-bond acceptors (Lipinski definition) is 6. The highest BCUT2D eigenvalue weighted by Crippen LogP contribution is 2.67. The third kappa shape index (κ3) is 1.82. The topological polar surface area (TPSA) is 71.1 Å². The predicted octanol–water partition coefficient (Wildman–Crippen LogP) is 1.07. The van der Waals surface area contributed by atoms with Crippen molar-refractivity contribution in [3.8, 4) is 5.75 Å². The molecule has 1 aromatic carbocycles. The Labute approximate surface area is 133 Å². The summed E-state index contributed by atoms with van der Waals surface area (Å²) in [6.45, 7) is 2.40. The Hall–Kier alpha value is -1.92. The number of fused-ring (bicyclic) bond motifs is 4. The molecule has 0 unspecified atom stereocenters. The molecular weight excluding hydrogens is 300 g/mol. The molecule has 1 aromatic rings. The minimum Gasteiger partial charge on any atom is -0.497 e. The fraction of sp³-hybridized carbons (Fsp3) is 0.529. The minimum absolute atomic E-state index is 0.181. The summed E-state index contributed by atoms with van der Waals surface area (Å²) in [5.74, 6) is -0.533. The molecule has 3 aliphatic rings. The van der Waals surface area contributed by atoms with Crippen LogP contribution in [0, 0.1) is 11.8 Å². The Morgan fingerprint density at radius 1 is 1.35 bits per heavy atom. The molecule has 0 aromatic heterocycles. The van der Waals surface area contributed by atoms with Crippen molar-refractivity contribution in [3.05, 3.63) is 29.8 Å². The molecule has 1 aliphatic carbocycles. The lowest BCUT2D eigenvalue weighted by Gasteiger charge is -2.25. The first-order valence-corrected chi connectivity index (χ1v) is 7.77. The average Bonchev–Trinajstić information content (AvgIpc) is 3.10. The second-order valence-electron chi connectivity index (χ2n) is 6.06. The number of benzene rings is 1. The molecule has 5 atom stereocenters. The van der Waals surface area contributed by atoms with Crippen LogP contribution in [0.15, 0.2) is 24.3 Å². The van der Waals surface area contributed by atoms with Gasteiger partial charge in [0, 0.05) is 5.92 Å². The molecule has 0 N–H and O–H groups in total. The van der Waals surface area contributed by atoms with Gasteiger partial charge >= 0.3 is 5.97 Å². The number of ether oxygens (including phenoxy) is 4.